The summed E-state index contributed by atoms with van der Waals surface area (Å²) >= 11 is 0. The molecule has 1 fully saturated rings. The maximum absolute atomic E-state index is 11.7. The standard InChI is InChI=1S/C16H25N3O3/c1-3-22-16(21)19-10-8-18(9-11-19)14-6-4-13(5-7-14)15(20)12-17-2/h4-7,15,17,20H,3,8-12H2,1-2H3. The van der Waals surface area contributed by atoms with E-state index < -0.39 is 6.10 Å². The van der Waals surface area contributed by atoms with Crippen LogP contribution in [0.4, 0.5) is 10.5 Å². The van der Waals surface area contributed by atoms with Gasteiger partial charge < -0.3 is 25.0 Å². The van der Waals surface area contributed by atoms with Crippen LogP contribution in [-0.2, 0) is 4.74 Å². The number of hydrogen-bond acceptors (Lipinski definition) is 5. The second-order valence-electron chi connectivity index (χ2n) is 5.34. The summed E-state index contributed by atoms with van der Waals surface area (Å²) in [7, 11) is 1.82. The highest BCUT2D eigenvalue weighted by Gasteiger charge is 2.22. The molecule has 1 saturated heterocycles. The summed E-state index contributed by atoms with van der Waals surface area (Å²) in [6.07, 6.45) is -0.715. The molecule has 0 aliphatic carbocycles. The molecule has 1 aliphatic rings. The molecule has 0 radical (unpaired) electrons. The molecule has 2 N–H and O–H groups in total. The third-order valence-electron chi connectivity index (χ3n) is 3.85. The maximum atomic E-state index is 11.7. The summed E-state index contributed by atoms with van der Waals surface area (Å²) in [4.78, 5) is 15.7. The fourth-order valence-corrected chi connectivity index (χ4v) is 2.58. The van der Waals surface area contributed by atoms with E-state index in [1.807, 2.05) is 38.2 Å². The molecule has 6 heteroatoms. The van der Waals surface area contributed by atoms with E-state index in [9.17, 15) is 9.90 Å². The van der Waals surface area contributed by atoms with Crippen molar-refractivity contribution in [1.82, 2.24) is 10.2 Å². The molecule has 1 aliphatic heterocycles. The predicted molar refractivity (Wildman–Crippen MR) is 86.1 cm³/mol. The van der Waals surface area contributed by atoms with Gasteiger partial charge in [0.05, 0.1) is 12.7 Å². The molecule has 1 amide bonds. The minimum atomic E-state index is -0.486. The van der Waals surface area contributed by atoms with Crippen LogP contribution in [0, 0.1) is 0 Å². The highest BCUT2D eigenvalue weighted by Crippen LogP contribution is 2.20. The van der Waals surface area contributed by atoms with Crippen molar-refractivity contribution in [2.24, 2.45) is 0 Å². The lowest BCUT2D eigenvalue weighted by Gasteiger charge is -2.35. The number of carbonyl (C=O) groups excluding carboxylic acids is 1. The lowest BCUT2D eigenvalue weighted by atomic mass is 10.1. The molecule has 0 saturated carbocycles. The minimum Gasteiger partial charge on any atom is -0.450 e. The molecule has 1 aromatic rings. The number of benzene rings is 1. The van der Waals surface area contributed by atoms with Gasteiger partial charge in [-0.1, -0.05) is 12.1 Å². The van der Waals surface area contributed by atoms with Gasteiger partial charge in [-0.2, -0.15) is 0 Å². The minimum absolute atomic E-state index is 0.229. The SMILES string of the molecule is CCOC(=O)N1CCN(c2ccc(C(O)CNC)cc2)CC1. The Kier molecular flexibility index (Phi) is 6.03. The van der Waals surface area contributed by atoms with Crippen LogP contribution in [0.25, 0.3) is 0 Å². The van der Waals surface area contributed by atoms with Gasteiger partial charge in [0, 0.05) is 38.4 Å². The molecule has 1 atom stereocenters. The van der Waals surface area contributed by atoms with E-state index in [0.29, 0.717) is 26.2 Å². The van der Waals surface area contributed by atoms with Crippen molar-refractivity contribution in [3.05, 3.63) is 29.8 Å². The Morgan fingerprint density at radius 2 is 1.91 bits per heavy atom. The van der Waals surface area contributed by atoms with E-state index in [1.54, 1.807) is 4.90 Å². The van der Waals surface area contributed by atoms with Crippen molar-refractivity contribution in [3.63, 3.8) is 0 Å². The smallest absolute Gasteiger partial charge is 0.409 e. The predicted octanol–water partition coefficient (Wildman–Crippen LogP) is 1.22. The number of nitrogens with zero attached hydrogens (tertiary/aromatic N) is 2. The van der Waals surface area contributed by atoms with Crippen LogP contribution < -0.4 is 10.2 Å². The Morgan fingerprint density at radius 3 is 2.45 bits per heavy atom. The molecule has 0 spiro atoms. The molecular weight excluding hydrogens is 282 g/mol. The van der Waals surface area contributed by atoms with Gasteiger partial charge in [-0.25, -0.2) is 4.79 Å². The number of likely N-dealkylation sites (N-methyl/N-ethyl adjacent to an activating group) is 1. The Labute approximate surface area is 131 Å². The second-order valence-corrected chi connectivity index (χ2v) is 5.34. The number of hydrogen-bond donors (Lipinski definition) is 2. The Bertz CT molecular complexity index is 470. The lowest BCUT2D eigenvalue weighted by Crippen LogP contribution is -2.49. The topological polar surface area (TPSA) is 65.0 Å². The molecule has 122 valence electrons. The number of anilines is 1. The fourth-order valence-electron chi connectivity index (χ4n) is 2.58. The van der Waals surface area contributed by atoms with E-state index in [2.05, 4.69) is 10.2 Å². The zero-order valence-corrected chi connectivity index (χ0v) is 13.3. The largest absolute Gasteiger partial charge is 0.450 e. The molecule has 22 heavy (non-hydrogen) atoms. The molecule has 0 aromatic heterocycles. The Hall–Kier alpha value is -1.79. The van der Waals surface area contributed by atoms with Gasteiger partial charge in [0.1, 0.15) is 0 Å². The van der Waals surface area contributed by atoms with Gasteiger partial charge >= 0.3 is 6.09 Å². The quantitative estimate of drug-likeness (QED) is 0.856. The summed E-state index contributed by atoms with van der Waals surface area (Å²) in [6, 6.07) is 7.95. The summed E-state index contributed by atoms with van der Waals surface area (Å²) < 4.78 is 5.02. The van der Waals surface area contributed by atoms with Crippen LogP contribution in [-0.4, -0.2) is 62.5 Å². The molecule has 1 heterocycles. The highest BCUT2D eigenvalue weighted by atomic mass is 16.6. The van der Waals surface area contributed by atoms with Gasteiger partial charge in [-0.05, 0) is 31.7 Å². The number of aliphatic hydroxyl groups excluding tert-OH is 1. The van der Waals surface area contributed by atoms with Crippen LogP contribution in [0.5, 0.6) is 0 Å². The van der Waals surface area contributed by atoms with Gasteiger partial charge in [0.2, 0.25) is 0 Å². The van der Waals surface area contributed by atoms with E-state index >= 15 is 0 Å². The number of nitrogens with one attached hydrogen (secondary N) is 1. The summed E-state index contributed by atoms with van der Waals surface area (Å²) in [5, 5.41) is 12.9. The van der Waals surface area contributed by atoms with Crippen molar-refractivity contribution in [2.45, 2.75) is 13.0 Å². The van der Waals surface area contributed by atoms with Gasteiger partial charge in [0.15, 0.2) is 0 Å². The van der Waals surface area contributed by atoms with E-state index in [-0.39, 0.29) is 6.09 Å². The Balaban J connectivity index is 1.90. The lowest BCUT2D eigenvalue weighted by molar-refractivity contribution is 0.105. The normalized spacial score (nSPS) is 16.5. The van der Waals surface area contributed by atoms with Gasteiger partial charge in [-0.15, -0.1) is 0 Å². The van der Waals surface area contributed by atoms with Crippen LogP contribution >= 0.6 is 0 Å². The van der Waals surface area contributed by atoms with Crippen LogP contribution in [0.3, 0.4) is 0 Å². The first-order valence-electron chi connectivity index (χ1n) is 7.75. The average Bonchev–Trinajstić information content (AvgIpc) is 2.55. The molecular formula is C16H25N3O3. The Morgan fingerprint density at radius 1 is 1.27 bits per heavy atom. The summed E-state index contributed by atoms with van der Waals surface area (Å²) in [5.74, 6) is 0. The van der Waals surface area contributed by atoms with E-state index in [4.69, 9.17) is 4.74 Å². The van der Waals surface area contributed by atoms with Crippen molar-refractivity contribution >= 4 is 11.8 Å². The fraction of sp³-hybridized carbons (Fsp3) is 0.562. The van der Waals surface area contributed by atoms with Gasteiger partial charge in [0.25, 0.3) is 0 Å². The first kappa shape index (κ1) is 16.6. The number of amides is 1. The van der Waals surface area contributed by atoms with E-state index in [0.717, 1.165) is 24.3 Å². The first-order chi connectivity index (χ1) is 10.7. The highest BCUT2D eigenvalue weighted by molar-refractivity contribution is 5.68. The van der Waals surface area contributed by atoms with E-state index in [1.165, 1.54) is 0 Å². The number of piperazine rings is 1. The molecule has 1 aromatic carbocycles. The first-order valence-corrected chi connectivity index (χ1v) is 7.75. The van der Waals surface area contributed by atoms with Crippen molar-refractivity contribution < 1.29 is 14.6 Å². The molecule has 1 unspecified atom stereocenters. The zero-order valence-electron chi connectivity index (χ0n) is 13.3. The monoisotopic (exact) mass is 307 g/mol. The summed E-state index contributed by atoms with van der Waals surface area (Å²) in [6.45, 7) is 5.69. The third kappa shape index (κ3) is 4.11. The van der Waals surface area contributed by atoms with Crippen LogP contribution in [0.2, 0.25) is 0 Å². The number of rotatable bonds is 5. The zero-order chi connectivity index (χ0) is 15.9. The number of carbonyl (C=O) groups is 1. The van der Waals surface area contributed by atoms with Crippen molar-refractivity contribution in [2.75, 3.05) is 51.3 Å². The maximum Gasteiger partial charge on any atom is 0.409 e. The van der Waals surface area contributed by atoms with Gasteiger partial charge in [-0.3, -0.25) is 0 Å². The molecule has 2 rings (SSSR count). The summed E-state index contributed by atoms with van der Waals surface area (Å²) in [5.41, 5.74) is 2.02. The number of ether oxygens (including phenoxy) is 1. The molecule has 6 nitrogen and oxygen atoms in total. The third-order valence-corrected chi connectivity index (χ3v) is 3.85. The van der Waals surface area contributed by atoms with Crippen LogP contribution in [0.15, 0.2) is 24.3 Å². The van der Waals surface area contributed by atoms with Crippen molar-refractivity contribution in [1.29, 1.82) is 0 Å². The van der Waals surface area contributed by atoms with Crippen LogP contribution in [0.1, 0.15) is 18.6 Å². The number of aliphatic hydroxyl groups is 1. The van der Waals surface area contributed by atoms with Crippen molar-refractivity contribution in [3.8, 4) is 0 Å². The second kappa shape index (κ2) is 8.00. The molecule has 0 bridgehead atoms. The average molecular weight is 307 g/mol.